The van der Waals surface area contributed by atoms with E-state index in [4.69, 9.17) is 9.84 Å². The Morgan fingerprint density at radius 2 is 1.94 bits per heavy atom. The van der Waals surface area contributed by atoms with E-state index >= 15 is 0 Å². The van der Waals surface area contributed by atoms with Crippen LogP contribution in [-0.4, -0.2) is 11.1 Å². The van der Waals surface area contributed by atoms with Gasteiger partial charge < -0.3 is 9.84 Å². The molecular weight excluding hydrogens is 228 g/mol. The number of rotatable bonds is 4. The van der Waals surface area contributed by atoms with E-state index in [9.17, 15) is 4.79 Å². The minimum Gasteiger partial charge on any atom is -0.489 e. The lowest BCUT2D eigenvalue weighted by atomic mass is 10.1. The molecule has 18 heavy (non-hydrogen) atoms. The molecule has 0 spiro atoms. The summed E-state index contributed by atoms with van der Waals surface area (Å²) >= 11 is 0. The van der Waals surface area contributed by atoms with E-state index in [1.165, 1.54) is 11.6 Å². The number of carboxylic acid groups (broad SMARTS) is 1. The largest absolute Gasteiger partial charge is 0.489 e. The van der Waals surface area contributed by atoms with Crippen LogP contribution in [-0.2, 0) is 6.61 Å². The Kier molecular flexibility index (Phi) is 3.63. The molecule has 2 rings (SSSR count). The van der Waals surface area contributed by atoms with Gasteiger partial charge in [-0.3, -0.25) is 0 Å². The van der Waals surface area contributed by atoms with Crippen LogP contribution in [0.2, 0.25) is 0 Å². The van der Waals surface area contributed by atoms with Gasteiger partial charge in [-0.05, 0) is 30.7 Å². The summed E-state index contributed by atoms with van der Waals surface area (Å²) in [6.07, 6.45) is 0. The van der Waals surface area contributed by atoms with Gasteiger partial charge in [-0.25, -0.2) is 4.79 Å². The molecular formula is C15H14O3. The zero-order chi connectivity index (χ0) is 13.0. The van der Waals surface area contributed by atoms with Crippen molar-refractivity contribution in [2.45, 2.75) is 13.5 Å². The minimum atomic E-state index is -0.948. The molecule has 2 aromatic rings. The molecule has 0 heterocycles. The molecule has 0 radical (unpaired) electrons. The van der Waals surface area contributed by atoms with Crippen LogP contribution in [0, 0.1) is 6.92 Å². The van der Waals surface area contributed by atoms with Crippen LogP contribution in [0.25, 0.3) is 0 Å². The highest BCUT2D eigenvalue weighted by molar-refractivity contribution is 5.87. The van der Waals surface area contributed by atoms with Gasteiger partial charge in [0.25, 0.3) is 0 Å². The third-order valence-corrected chi connectivity index (χ3v) is 2.57. The zero-order valence-electron chi connectivity index (χ0n) is 10.1. The lowest BCUT2D eigenvalue weighted by Gasteiger charge is -2.07. The van der Waals surface area contributed by atoms with E-state index < -0.39 is 5.97 Å². The van der Waals surface area contributed by atoms with Gasteiger partial charge in [-0.1, -0.05) is 35.9 Å². The third-order valence-electron chi connectivity index (χ3n) is 2.57. The van der Waals surface area contributed by atoms with Crippen molar-refractivity contribution in [3.05, 3.63) is 65.2 Å². The molecule has 0 amide bonds. The van der Waals surface area contributed by atoms with Crippen molar-refractivity contribution in [2.75, 3.05) is 0 Å². The molecule has 0 aliphatic rings. The molecule has 0 atom stereocenters. The fourth-order valence-electron chi connectivity index (χ4n) is 1.69. The van der Waals surface area contributed by atoms with Crippen molar-refractivity contribution in [1.82, 2.24) is 0 Å². The molecule has 0 aliphatic carbocycles. The van der Waals surface area contributed by atoms with Gasteiger partial charge in [-0.2, -0.15) is 0 Å². The topological polar surface area (TPSA) is 46.5 Å². The fraction of sp³-hybridized carbons (Fsp3) is 0.133. The van der Waals surface area contributed by atoms with Gasteiger partial charge in [0.05, 0.1) is 5.56 Å². The normalized spacial score (nSPS) is 10.1. The average Bonchev–Trinajstić information content (AvgIpc) is 2.37. The molecule has 0 aromatic heterocycles. The predicted molar refractivity (Wildman–Crippen MR) is 68.9 cm³/mol. The SMILES string of the molecule is Cc1cccc(COc2cccc(C(=O)O)c2)c1. The molecule has 1 N–H and O–H groups in total. The van der Waals surface area contributed by atoms with Gasteiger partial charge in [-0.15, -0.1) is 0 Å². The summed E-state index contributed by atoms with van der Waals surface area (Å²) in [6.45, 7) is 2.46. The van der Waals surface area contributed by atoms with Crippen molar-refractivity contribution in [3.8, 4) is 5.75 Å². The third kappa shape index (κ3) is 3.10. The lowest BCUT2D eigenvalue weighted by Crippen LogP contribution is -1.99. The zero-order valence-corrected chi connectivity index (χ0v) is 10.1. The van der Waals surface area contributed by atoms with E-state index in [2.05, 4.69) is 0 Å². The molecule has 0 aliphatic heterocycles. The highest BCUT2D eigenvalue weighted by Gasteiger charge is 2.03. The Hall–Kier alpha value is -2.29. The Balaban J connectivity index is 2.06. The van der Waals surface area contributed by atoms with E-state index in [-0.39, 0.29) is 5.56 Å². The van der Waals surface area contributed by atoms with Gasteiger partial charge in [0.2, 0.25) is 0 Å². The maximum absolute atomic E-state index is 10.8. The molecule has 0 saturated carbocycles. The lowest BCUT2D eigenvalue weighted by molar-refractivity contribution is 0.0696. The van der Waals surface area contributed by atoms with Crippen LogP contribution in [0.15, 0.2) is 48.5 Å². The molecule has 0 fully saturated rings. The molecule has 0 unspecified atom stereocenters. The fourth-order valence-corrected chi connectivity index (χ4v) is 1.69. The molecule has 3 nitrogen and oxygen atoms in total. The van der Waals surface area contributed by atoms with Gasteiger partial charge in [0.1, 0.15) is 12.4 Å². The first-order valence-electron chi connectivity index (χ1n) is 5.67. The number of ether oxygens (including phenoxy) is 1. The van der Waals surface area contributed by atoms with E-state index in [0.29, 0.717) is 12.4 Å². The Bertz CT molecular complexity index is 561. The molecule has 2 aromatic carbocycles. The van der Waals surface area contributed by atoms with Crippen LogP contribution in [0.5, 0.6) is 5.75 Å². The molecule has 0 saturated heterocycles. The van der Waals surface area contributed by atoms with Crippen molar-refractivity contribution in [3.63, 3.8) is 0 Å². The molecule has 3 heteroatoms. The monoisotopic (exact) mass is 242 g/mol. The number of aromatic carboxylic acids is 1. The predicted octanol–water partition coefficient (Wildman–Crippen LogP) is 3.27. The second-order valence-electron chi connectivity index (χ2n) is 4.11. The van der Waals surface area contributed by atoms with E-state index in [1.807, 2.05) is 31.2 Å². The maximum atomic E-state index is 10.8. The molecule has 0 bridgehead atoms. The van der Waals surface area contributed by atoms with Crippen LogP contribution >= 0.6 is 0 Å². The first-order chi connectivity index (χ1) is 8.65. The summed E-state index contributed by atoms with van der Waals surface area (Å²) in [5, 5.41) is 8.88. The quantitative estimate of drug-likeness (QED) is 0.895. The van der Waals surface area contributed by atoms with E-state index in [0.717, 1.165) is 5.56 Å². The Morgan fingerprint density at radius 1 is 1.17 bits per heavy atom. The van der Waals surface area contributed by atoms with Gasteiger partial charge >= 0.3 is 5.97 Å². The summed E-state index contributed by atoms with van der Waals surface area (Å²) < 4.78 is 5.57. The smallest absolute Gasteiger partial charge is 0.335 e. The van der Waals surface area contributed by atoms with Crippen molar-refractivity contribution in [1.29, 1.82) is 0 Å². The second-order valence-corrected chi connectivity index (χ2v) is 4.11. The van der Waals surface area contributed by atoms with Crippen molar-refractivity contribution >= 4 is 5.97 Å². The summed E-state index contributed by atoms with van der Waals surface area (Å²) in [7, 11) is 0. The number of carboxylic acids is 1. The summed E-state index contributed by atoms with van der Waals surface area (Å²) in [5.41, 5.74) is 2.47. The molecule has 92 valence electrons. The van der Waals surface area contributed by atoms with E-state index in [1.54, 1.807) is 18.2 Å². The number of benzene rings is 2. The first-order valence-corrected chi connectivity index (χ1v) is 5.67. The minimum absolute atomic E-state index is 0.233. The summed E-state index contributed by atoms with van der Waals surface area (Å²) in [6, 6.07) is 14.5. The summed E-state index contributed by atoms with van der Waals surface area (Å²) in [5.74, 6) is -0.382. The highest BCUT2D eigenvalue weighted by atomic mass is 16.5. The van der Waals surface area contributed by atoms with Gasteiger partial charge in [0.15, 0.2) is 0 Å². The average molecular weight is 242 g/mol. The number of hydrogen-bond acceptors (Lipinski definition) is 2. The van der Waals surface area contributed by atoms with Crippen LogP contribution in [0.4, 0.5) is 0 Å². The number of aryl methyl sites for hydroxylation is 1. The van der Waals surface area contributed by atoms with Crippen LogP contribution < -0.4 is 4.74 Å². The summed E-state index contributed by atoms with van der Waals surface area (Å²) in [4.78, 5) is 10.8. The maximum Gasteiger partial charge on any atom is 0.335 e. The Morgan fingerprint density at radius 3 is 2.67 bits per heavy atom. The number of hydrogen-bond donors (Lipinski definition) is 1. The van der Waals surface area contributed by atoms with Crippen molar-refractivity contribution in [2.24, 2.45) is 0 Å². The Labute approximate surface area is 106 Å². The van der Waals surface area contributed by atoms with Crippen molar-refractivity contribution < 1.29 is 14.6 Å². The first kappa shape index (κ1) is 12.2. The second kappa shape index (κ2) is 5.36. The number of carbonyl (C=O) groups is 1. The van der Waals surface area contributed by atoms with Crippen LogP contribution in [0.3, 0.4) is 0 Å². The standard InChI is InChI=1S/C15H14O3/c1-11-4-2-5-12(8-11)10-18-14-7-3-6-13(9-14)15(16)17/h2-9H,10H2,1H3,(H,16,17). The van der Waals surface area contributed by atoms with Crippen LogP contribution in [0.1, 0.15) is 21.5 Å². The highest BCUT2D eigenvalue weighted by Crippen LogP contribution is 2.15. The van der Waals surface area contributed by atoms with Gasteiger partial charge in [0, 0.05) is 0 Å².